The Morgan fingerprint density at radius 3 is 3.00 bits per heavy atom. The molecule has 16 heavy (non-hydrogen) atoms. The fourth-order valence-electron chi connectivity index (χ4n) is 1.62. The standard InChI is InChI=1S/C12H11FN2O/c1-2-15-7-6-14-12(15)10-5-3-4-9(8-16)11(10)13/h3-8H,2H2,1H3. The van der Waals surface area contributed by atoms with Crippen LogP contribution in [0.2, 0.25) is 0 Å². The Hall–Kier alpha value is -1.97. The summed E-state index contributed by atoms with van der Waals surface area (Å²) in [5.74, 6) is 0.0297. The molecule has 0 amide bonds. The largest absolute Gasteiger partial charge is 0.331 e. The van der Waals surface area contributed by atoms with Crippen molar-refractivity contribution in [2.45, 2.75) is 13.5 Å². The summed E-state index contributed by atoms with van der Waals surface area (Å²) in [7, 11) is 0. The lowest BCUT2D eigenvalue weighted by Crippen LogP contribution is -1.99. The predicted octanol–water partition coefficient (Wildman–Crippen LogP) is 2.52. The molecule has 0 saturated carbocycles. The minimum atomic E-state index is -0.515. The maximum absolute atomic E-state index is 13.9. The number of hydrogen-bond donors (Lipinski definition) is 0. The average molecular weight is 218 g/mol. The monoisotopic (exact) mass is 218 g/mol. The molecule has 0 atom stereocenters. The second kappa shape index (κ2) is 4.26. The second-order valence-corrected chi connectivity index (χ2v) is 3.36. The van der Waals surface area contributed by atoms with Gasteiger partial charge in [-0.1, -0.05) is 6.07 Å². The van der Waals surface area contributed by atoms with Crippen LogP contribution in [0.1, 0.15) is 17.3 Å². The van der Waals surface area contributed by atoms with Crippen molar-refractivity contribution in [3.8, 4) is 11.4 Å². The molecule has 0 saturated heterocycles. The SMILES string of the molecule is CCn1ccnc1-c1cccc(C=O)c1F. The van der Waals surface area contributed by atoms with Crippen LogP contribution >= 0.6 is 0 Å². The van der Waals surface area contributed by atoms with E-state index in [2.05, 4.69) is 4.98 Å². The van der Waals surface area contributed by atoms with Gasteiger partial charge in [0.05, 0.1) is 11.1 Å². The molecule has 4 heteroatoms. The normalized spacial score (nSPS) is 10.4. The van der Waals surface area contributed by atoms with Gasteiger partial charge in [-0.05, 0) is 19.1 Å². The average Bonchev–Trinajstić information content (AvgIpc) is 2.77. The van der Waals surface area contributed by atoms with Gasteiger partial charge >= 0.3 is 0 Å². The molecule has 2 aromatic rings. The second-order valence-electron chi connectivity index (χ2n) is 3.36. The highest BCUT2D eigenvalue weighted by atomic mass is 19.1. The third-order valence-corrected chi connectivity index (χ3v) is 2.45. The first kappa shape index (κ1) is 10.5. The topological polar surface area (TPSA) is 34.9 Å². The van der Waals surface area contributed by atoms with E-state index in [-0.39, 0.29) is 5.56 Å². The van der Waals surface area contributed by atoms with Crippen LogP contribution in [0.3, 0.4) is 0 Å². The maximum Gasteiger partial charge on any atom is 0.153 e. The zero-order valence-electron chi connectivity index (χ0n) is 8.85. The van der Waals surface area contributed by atoms with E-state index in [0.717, 1.165) is 0 Å². The molecule has 0 aliphatic rings. The number of nitrogens with zero attached hydrogens (tertiary/aromatic N) is 2. The first-order chi connectivity index (χ1) is 7.77. The molecule has 0 N–H and O–H groups in total. The van der Waals surface area contributed by atoms with E-state index in [4.69, 9.17) is 0 Å². The molecule has 0 unspecified atom stereocenters. The summed E-state index contributed by atoms with van der Waals surface area (Å²) < 4.78 is 15.7. The fraction of sp³-hybridized carbons (Fsp3) is 0.167. The smallest absolute Gasteiger partial charge is 0.153 e. The van der Waals surface area contributed by atoms with Gasteiger partial charge in [-0.2, -0.15) is 0 Å². The number of aromatic nitrogens is 2. The fourth-order valence-corrected chi connectivity index (χ4v) is 1.62. The summed E-state index contributed by atoms with van der Waals surface area (Å²) in [5, 5.41) is 0. The third-order valence-electron chi connectivity index (χ3n) is 2.45. The van der Waals surface area contributed by atoms with Crippen LogP contribution in [0, 0.1) is 5.82 Å². The molecule has 0 fully saturated rings. The summed E-state index contributed by atoms with van der Waals surface area (Å²) in [6.07, 6.45) is 3.91. The lowest BCUT2D eigenvalue weighted by Gasteiger charge is -2.06. The van der Waals surface area contributed by atoms with Crippen LogP contribution in [0.15, 0.2) is 30.6 Å². The van der Waals surface area contributed by atoms with Crippen LogP contribution in [0.4, 0.5) is 4.39 Å². The van der Waals surface area contributed by atoms with Gasteiger partial charge in [0.2, 0.25) is 0 Å². The summed E-state index contributed by atoms with van der Waals surface area (Å²) in [6, 6.07) is 4.72. The number of imidazole rings is 1. The highest BCUT2D eigenvalue weighted by Gasteiger charge is 2.12. The molecular weight excluding hydrogens is 207 g/mol. The van der Waals surface area contributed by atoms with Gasteiger partial charge < -0.3 is 4.57 Å². The Bertz CT molecular complexity index is 519. The quantitative estimate of drug-likeness (QED) is 0.742. The Morgan fingerprint density at radius 1 is 1.50 bits per heavy atom. The van der Waals surface area contributed by atoms with E-state index >= 15 is 0 Å². The number of aryl methyl sites for hydroxylation is 1. The first-order valence-corrected chi connectivity index (χ1v) is 5.03. The molecular formula is C12H11FN2O. The Labute approximate surface area is 92.5 Å². The van der Waals surface area contributed by atoms with E-state index in [1.165, 1.54) is 6.07 Å². The molecule has 1 aromatic carbocycles. The van der Waals surface area contributed by atoms with Crippen LogP contribution in [0.5, 0.6) is 0 Å². The Kier molecular flexibility index (Phi) is 2.81. The minimum Gasteiger partial charge on any atom is -0.331 e. The molecule has 82 valence electrons. The van der Waals surface area contributed by atoms with Gasteiger partial charge in [-0.3, -0.25) is 4.79 Å². The molecule has 3 nitrogen and oxygen atoms in total. The van der Waals surface area contributed by atoms with Gasteiger partial charge in [0.1, 0.15) is 11.6 Å². The van der Waals surface area contributed by atoms with Gasteiger partial charge in [0.15, 0.2) is 6.29 Å². The molecule has 0 radical (unpaired) electrons. The van der Waals surface area contributed by atoms with Crippen molar-refractivity contribution in [3.05, 3.63) is 42.0 Å². The van der Waals surface area contributed by atoms with Gasteiger partial charge in [-0.15, -0.1) is 0 Å². The summed E-state index contributed by atoms with van der Waals surface area (Å²) in [4.78, 5) is 14.7. The lowest BCUT2D eigenvalue weighted by atomic mass is 10.1. The summed E-state index contributed by atoms with van der Waals surface area (Å²) >= 11 is 0. The van der Waals surface area contributed by atoms with Gasteiger partial charge in [0.25, 0.3) is 0 Å². The van der Waals surface area contributed by atoms with Crippen molar-refractivity contribution in [1.29, 1.82) is 0 Å². The zero-order valence-corrected chi connectivity index (χ0v) is 8.85. The van der Waals surface area contributed by atoms with E-state index in [1.807, 2.05) is 11.5 Å². The molecule has 2 rings (SSSR count). The number of carbonyl (C=O) groups is 1. The molecule has 0 aliphatic carbocycles. The lowest BCUT2D eigenvalue weighted by molar-refractivity contribution is 0.112. The molecule has 0 spiro atoms. The van der Waals surface area contributed by atoms with Crippen LogP contribution in [-0.2, 0) is 6.54 Å². The number of halogens is 1. The highest BCUT2D eigenvalue weighted by Crippen LogP contribution is 2.22. The summed E-state index contributed by atoms with van der Waals surface area (Å²) in [5.41, 5.74) is 0.416. The van der Waals surface area contributed by atoms with E-state index in [9.17, 15) is 9.18 Å². The maximum atomic E-state index is 13.9. The predicted molar refractivity (Wildman–Crippen MR) is 58.7 cm³/mol. The molecule has 0 bridgehead atoms. The van der Waals surface area contributed by atoms with Crippen molar-refractivity contribution in [1.82, 2.24) is 9.55 Å². The minimum absolute atomic E-state index is 0.0585. The highest BCUT2D eigenvalue weighted by molar-refractivity contribution is 5.78. The molecule has 0 aliphatic heterocycles. The number of benzene rings is 1. The van der Waals surface area contributed by atoms with Crippen molar-refractivity contribution in [2.24, 2.45) is 0 Å². The number of hydrogen-bond acceptors (Lipinski definition) is 2. The number of carbonyl (C=O) groups excluding carboxylic acids is 1. The van der Waals surface area contributed by atoms with E-state index in [0.29, 0.717) is 24.2 Å². The zero-order chi connectivity index (χ0) is 11.5. The number of rotatable bonds is 3. The summed E-state index contributed by atoms with van der Waals surface area (Å²) in [6.45, 7) is 2.66. The van der Waals surface area contributed by atoms with E-state index in [1.54, 1.807) is 24.5 Å². The van der Waals surface area contributed by atoms with Gasteiger partial charge in [-0.25, -0.2) is 9.37 Å². The van der Waals surface area contributed by atoms with E-state index < -0.39 is 5.82 Å². The van der Waals surface area contributed by atoms with Crippen LogP contribution in [-0.4, -0.2) is 15.8 Å². The van der Waals surface area contributed by atoms with Crippen molar-refractivity contribution in [2.75, 3.05) is 0 Å². The van der Waals surface area contributed by atoms with Crippen molar-refractivity contribution < 1.29 is 9.18 Å². The van der Waals surface area contributed by atoms with Crippen molar-refractivity contribution >= 4 is 6.29 Å². The Morgan fingerprint density at radius 2 is 2.31 bits per heavy atom. The van der Waals surface area contributed by atoms with Gasteiger partial charge in [0, 0.05) is 18.9 Å². The molecule has 1 aromatic heterocycles. The van der Waals surface area contributed by atoms with Crippen molar-refractivity contribution in [3.63, 3.8) is 0 Å². The van der Waals surface area contributed by atoms with Crippen LogP contribution < -0.4 is 0 Å². The number of aldehydes is 1. The first-order valence-electron chi connectivity index (χ1n) is 5.03. The Balaban J connectivity index is 2.60. The van der Waals surface area contributed by atoms with Crippen LogP contribution in [0.25, 0.3) is 11.4 Å². The molecule has 1 heterocycles. The third kappa shape index (κ3) is 1.62.